The van der Waals surface area contributed by atoms with Gasteiger partial charge in [-0.2, -0.15) is 0 Å². The zero-order valence-electron chi connectivity index (χ0n) is 19.7. The predicted octanol–water partition coefficient (Wildman–Crippen LogP) is 5.27. The second-order valence-corrected chi connectivity index (χ2v) is 8.13. The topological polar surface area (TPSA) is 105 Å². The Hall–Kier alpha value is -4.20. The number of carbonyl (C=O) groups excluding carboxylic acids is 2. The van der Waals surface area contributed by atoms with E-state index in [0.717, 1.165) is 24.8 Å². The molecule has 3 aromatic rings. The van der Waals surface area contributed by atoms with Crippen molar-refractivity contribution in [3.8, 4) is 0 Å². The first-order chi connectivity index (χ1) is 17.1. The van der Waals surface area contributed by atoms with Crippen molar-refractivity contribution in [2.24, 2.45) is 4.99 Å². The van der Waals surface area contributed by atoms with E-state index in [1.165, 1.54) is 5.56 Å². The maximum Gasteiger partial charge on any atom is 0.338 e. The Bertz CT molecular complexity index is 1200. The van der Waals surface area contributed by atoms with Crippen molar-refractivity contribution in [3.05, 3.63) is 83.4 Å². The van der Waals surface area contributed by atoms with Gasteiger partial charge in [-0.05, 0) is 61.6 Å². The molecule has 1 atom stereocenters. The summed E-state index contributed by atoms with van der Waals surface area (Å²) < 4.78 is 5.09. The molecule has 1 aliphatic heterocycles. The highest BCUT2D eigenvalue weighted by Gasteiger charge is 2.19. The monoisotopic (exact) mass is 471 g/mol. The second-order valence-electron chi connectivity index (χ2n) is 8.13. The molecule has 0 saturated heterocycles. The highest BCUT2D eigenvalue weighted by Crippen LogP contribution is 2.32. The third kappa shape index (κ3) is 6.66. The van der Waals surface area contributed by atoms with Crippen LogP contribution in [0.3, 0.4) is 0 Å². The average molecular weight is 472 g/mol. The second kappa shape index (κ2) is 11.8. The van der Waals surface area contributed by atoms with E-state index in [1.54, 1.807) is 37.4 Å². The first-order valence-corrected chi connectivity index (χ1v) is 11.8. The van der Waals surface area contributed by atoms with Crippen molar-refractivity contribution in [1.82, 2.24) is 10.3 Å². The van der Waals surface area contributed by atoms with E-state index in [4.69, 9.17) is 4.74 Å². The number of fused-ring (bicyclic) bond motifs is 1. The number of rotatable bonds is 9. The van der Waals surface area contributed by atoms with Gasteiger partial charge in [0, 0.05) is 12.8 Å². The number of nitrogens with zero attached hydrogens (tertiary/aromatic N) is 2. The van der Waals surface area contributed by atoms with E-state index in [1.807, 2.05) is 30.3 Å². The Morgan fingerprint density at radius 1 is 1.03 bits per heavy atom. The molecule has 0 fully saturated rings. The minimum atomic E-state index is -0.363. The van der Waals surface area contributed by atoms with Crippen LogP contribution in [0.1, 0.15) is 47.3 Å². The van der Waals surface area contributed by atoms with Crippen LogP contribution in [0.15, 0.2) is 71.7 Å². The van der Waals surface area contributed by atoms with Crippen LogP contribution in [0.4, 0.5) is 22.1 Å². The van der Waals surface area contributed by atoms with Crippen LogP contribution in [-0.4, -0.2) is 36.4 Å². The quantitative estimate of drug-likeness (QED) is 0.291. The summed E-state index contributed by atoms with van der Waals surface area (Å²) in [5.41, 5.74) is 3.32. The van der Waals surface area contributed by atoms with Crippen LogP contribution in [0.2, 0.25) is 0 Å². The number of carbonyl (C=O) groups is 2. The number of aromatic nitrogens is 1. The molecule has 1 unspecified atom stereocenters. The molecular formula is C27H29N5O3. The lowest BCUT2D eigenvalue weighted by Crippen LogP contribution is -2.30. The third-order valence-corrected chi connectivity index (χ3v) is 5.55. The zero-order valence-corrected chi connectivity index (χ0v) is 19.7. The molecule has 0 spiro atoms. The van der Waals surface area contributed by atoms with Gasteiger partial charge in [-0.3, -0.25) is 10.3 Å². The van der Waals surface area contributed by atoms with E-state index in [9.17, 15) is 9.59 Å². The van der Waals surface area contributed by atoms with Crippen molar-refractivity contribution in [1.29, 1.82) is 0 Å². The zero-order chi connectivity index (χ0) is 24.5. The number of ether oxygens (including phenoxy) is 1. The number of benzene rings is 2. The van der Waals surface area contributed by atoms with E-state index in [-0.39, 0.29) is 18.0 Å². The van der Waals surface area contributed by atoms with E-state index in [2.05, 4.69) is 38.1 Å². The van der Waals surface area contributed by atoms with Gasteiger partial charge in [-0.1, -0.05) is 42.5 Å². The summed E-state index contributed by atoms with van der Waals surface area (Å²) in [6, 6.07) is 20.5. The molecule has 1 aromatic heterocycles. The Labute approximate surface area is 204 Å². The van der Waals surface area contributed by atoms with Crippen molar-refractivity contribution in [2.75, 3.05) is 23.8 Å². The largest absolute Gasteiger partial charge is 0.462 e. The van der Waals surface area contributed by atoms with Crippen LogP contribution in [0, 0.1) is 0 Å². The van der Waals surface area contributed by atoms with Gasteiger partial charge in [0.15, 0.2) is 5.82 Å². The van der Waals surface area contributed by atoms with E-state index < -0.39 is 0 Å². The molecule has 2 amide bonds. The smallest absolute Gasteiger partial charge is 0.338 e. The minimum Gasteiger partial charge on any atom is -0.462 e. The lowest BCUT2D eigenvalue weighted by molar-refractivity contribution is 0.0526. The summed E-state index contributed by atoms with van der Waals surface area (Å²) in [7, 11) is 0. The first-order valence-electron chi connectivity index (χ1n) is 11.8. The molecule has 2 heterocycles. The molecule has 2 aromatic carbocycles. The molecule has 4 rings (SSSR count). The maximum atomic E-state index is 12.3. The van der Waals surface area contributed by atoms with Gasteiger partial charge in [0.25, 0.3) is 0 Å². The van der Waals surface area contributed by atoms with E-state index in [0.29, 0.717) is 36.0 Å². The summed E-state index contributed by atoms with van der Waals surface area (Å²) in [5, 5.41) is 8.97. The van der Waals surface area contributed by atoms with Crippen molar-refractivity contribution in [2.45, 2.75) is 32.2 Å². The van der Waals surface area contributed by atoms with Gasteiger partial charge >= 0.3 is 12.0 Å². The molecule has 0 radical (unpaired) electrons. The standard InChI is InChI=1S/C27H29N5O3/c1-2-35-26(33)21-13-8-12-20(17-21)23-18-29-22-14-15-24(31-25(22)30-23)32-27(34)28-16-7-6-11-19-9-4-3-5-10-19/h3-5,8-10,12-15,17-18,23H,2,6-7,11,16H2,1H3,(H3,28,30,31,32,34). The molecule has 0 aliphatic carbocycles. The highest BCUT2D eigenvalue weighted by atomic mass is 16.5. The summed E-state index contributed by atoms with van der Waals surface area (Å²) in [6.07, 6.45) is 4.65. The number of esters is 1. The number of pyridine rings is 1. The lowest BCUT2D eigenvalue weighted by atomic mass is 10.0. The molecule has 180 valence electrons. The molecular weight excluding hydrogens is 442 g/mol. The number of amides is 2. The Morgan fingerprint density at radius 3 is 2.71 bits per heavy atom. The molecule has 8 nitrogen and oxygen atoms in total. The highest BCUT2D eigenvalue weighted by molar-refractivity contribution is 5.91. The molecule has 8 heteroatoms. The number of anilines is 2. The van der Waals surface area contributed by atoms with Gasteiger partial charge < -0.3 is 15.4 Å². The number of aliphatic imine (C=N–C) groups is 1. The van der Waals surface area contributed by atoms with Gasteiger partial charge in [0.1, 0.15) is 11.5 Å². The van der Waals surface area contributed by atoms with Crippen molar-refractivity contribution < 1.29 is 14.3 Å². The van der Waals surface area contributed by atoms with Crippen LogP contribution in [0.25, 0.3) is 0 Å². The lowest BCUT2D eigenvalue weighted by Gasteiger charge is -2.22. The SMILES string of the molecule is CCOC(=O)c1cccc(C2C=Nc3ccc(NC(=O)NCCCCc4ccccc4)nc3N2)c1. The summed E-state index contributed by atoms with van der Waals surface area (Å²) >= 11 is 0. The predicted molar refractivity (Wildman–Crippen MR) is 138 cm³/mol. The minimum absolute atomic E-state index is 0.266. The number of urea groups is 1. The van der Waals surface area contributed by atoms with Gasteiger partial charge in [-0.15, -0.1) is 0 Å². The molecule has 1 aliphatic rings. The van der Waals surface area contributed by atoms with Crippen molar-refractivity contribution >= 4 is 35.5 Å². The number of nitrogens with one attached hydrogen (secondary N) is 3. The fraction of sp³-hybridized carbons (Fsp3) is 0.259. The maximum absolute atomic E-state index is 12.3. The van der Waals surface area contributed by atoms with Crippen LogP contribution in [-0.2, 0) is 11.2 Å². The number of hydrogen-bond acceptors (Lipinski definition) is 6. The van der Waals surface area contributed by atoms with Crippen LogP contribution in [0.5, 0.6) is 0 Å². The number of hydrogen-bond donors (Lipinski definition) is 3. The molecule has 0 bridgehead atoms. The molecule has 3 N–H and O–H groups in total. The molecule has 0 saturated carbocycles. The first kappa shape index (κ1) is 23.9. The molecule has 35 heavy (non-hydrogen) atoms. The normalized spacial score (nSPS) is 13.9. The Kier molecular flexibility index (Phi) is 8.06. The van der Waals surface area contributed by atoms with Crippen LogP contribution < -0.4 is 16.0 Å². The summed E-state index contributed by atoms with van der Waals surface area (Å²) in [6.45, 7) is 2.68. The van der Waals surface area contributed by atoms with E-state index >= 15 is 0 Å². The fourth-order valence-corrected chi connectivity index (χ4v) is 3.78. The number of unbranched alkanes of at least 4 members (excludes halogenated alkanes) is 1. The number of aryl methyl sites for hydroxylation is 1. The van der Waals surface area contributed by atoms with Gasteiger partial charge in [0.05, 0.1) is 18.2 Å². The average Bonchev–Trinajstić information content (AvgIpc) is 2.89. The van der Waals surface area contributed by atoms with Crippen LogP contribution >= 0.6 is 0 Å². The van der Waals surface area contributed by atoms with Crippen molar-refractivity contribution in [3.63, 3.8) is 0 Å². The third-order valence-electron chi connectivity index (χ3n) is 5.55. The fourth-order valence-electron chi connectivity index (χ4n) is 3.78. The Morgan fingerprint density at radius 2 is 1.89 bits per heavy atom. The summed E-state index contributed by atoms with van der Waals surface area (Å²) in [5.74, 6) is 0.618. The van der Waals surface area contributed by atoms with Gasteiger partial charge in [-0.25, -0.2) is 14.6 Å². The summed E-state index contributed by atoms with van der Waals surface area (Å²) in [4.78, 5) is 33.4. The van der Waals surface area contributed by atoms with Gasteiger partial charge in [0.2, 0.25) is 0 Å². The Balaban J connectivity index is 1.29.